The first-order valence-electron chi connectivity index (χ1n) is 6.06. The molecule has 1 heterocycles. The molecule has 5 nitrogen and oxygen atoms in total. The van der Waals surface area contributed by atoms with Crippen LogP contribution in [0.15, 0.2) is 52.7 Å². The summed E-state index contributed by atoms with van der Waals surface area (Å²) in [5.41, 5.74) is 0.792. The van der Waals surface area contributed by atoms with Gasteiger partial charge in [-0.2, -0.15) is 0 Å². The molecular weight excluding hydrogens is 308 g/mol. The standard InChI is InChI=1S/C14H14N2O3S2/c15-21(18,19)13-6-3-11(4-7-13)10-16-14(17)8-5-12-2-1-9-20-12/h1-9H,10H2,(H,16,17)(H2,15,18,19). The maximum Gasteiger partial charge on any atom is 0.244 e. The van der Waals surface area contributed by atoms with Crippen LogP contribution in [-0.4, -0.2) is 14.3 Å². The highest BCUT2D eigenvalue weighted by Crippen LogP contribution is 2.10. The summed E-state index contributed by atoms with van der Waals surface area (Å²) in [6, 6.07) is 9.89. The van der Waals surface area contributed by atoms with Crippen molar-refractivity contribution in [2.24, 2.45) is 5.14 Å². The van der Waals surface area contributed by atoms with Crippen LogP contribution in [0.1, 0.15) is 10.4 Å². The fraction of sp³-hybridized carbons (Fsp3) is 0.0714. The Morgan fingerprint density at radius 3 is 2.52 bits per heavy atom. The van der Waals surface area contributed by atoms with Crippen molar-refractivity contribution in [2.75, 3.05) is 0 Å². The number of sulfonamides is 1. The van der Waals surface area contributed by atoms with Crippen molar-refractivity contribution in [3.05, 3.63) is 58.3 Å². The van der Waals surface area contributed by atoms with Gasteiger partial charge in [-0.3, -0.25) is 4.79 Å². The number of amides is 1. The van der Waals surface area contributed by atoms with Gasteiger partial charge in [0.1, 0.15) is 0 Å². The Morgan fingerprint density at radius 2 is 1.95 bits per heavy atom. The van der Waals surface area contributed by atoms with E-state index < -0.39 is 10.0 Å². The van der Waals surface area contributed by atoms with Gasteiger partial charge in [0.15, 0.2) is 0 Å². The third-order valence-electron chi connectivity index (χ3n) is 2.66. The Morgan fingerprint density at radius 1 is 1.24 bits per heavy atom. The molecule has 0 saturated heterocycles. The number of primary sulfonamides is 1. The number of nitrogens with one attached hydrogen (secondary N) is 1. The molecule has 1 amide bonds. The molecule has 0 aliphatic carbocycles. The number of nitrogens with two attached hydrogens (primary N) is 1. The third kappa shape index (κ3) is 4.82. The van der Waals surface area contributed by atoms with Crippen molar-refractivity contribution >= 4 is 33.3 Å². The van der Waals surface area contributed by atoms with Crippen molar-refractivity contribution in [3.63, 3.8) is 0 Å². The molecule has 0 aliphatic heterocycles. The molecule has 1 aromatic heterocycles. The Balaban J connectivity index is 1.89. The lowest BCUT2D eigenvalue weighted by molar-refractivity contribution is -0.116. The smallest absolute Gasteiger partial charge is 0.244 e. The molecule has 0 bridgehead atoms. The van der Waals surface area contributed by atoms with Crippen LogP contribution in [-0.2, 0) is 21.4 Å². The Labute approximate surface area is 127 Å². The zero-order valence-electron chi connectivity index (χ0n) is 11.0. The highest BCUT2D eigenvalue weighted by Gasteiger charge is 2.06. The quantitative estimate of drug-likeness (QED) is 0.822. The number of rotatable bonds is 5. The van der Waals surface area contributed by atoms with E-state index in [9.17, 15) is 13.2 Å². The van der Waals surface area contributed by atoms with Crippen LogP contribution in [0.25, 0.3) is 6.08 Å². The highest BCUT2D eigenvalue weighted by molar-refractivity contribution is 7.89. The minimum absolute atomic E-state index is 0.0511. The van der Waals surface area contributed by atoms with Gasteiger partial charge >= 0.3 is 0 Å². The van der Waals surface area contributed by atoms with Crippen LogP contribution in [0.4, 0.5) is 0 Å². The van der Waals surface area contributed by atoms with E-state index in [0.29, 0.717) is 6.54 Å². The molecule has 0 spiro atoms. The minimum atomic E-state index is -3.68. The zero-order chi connectivity index (χ0) is 15.3. The summed E-state index contributed by atoms with van der Waals surface area (Å²) >= 11 is 1.55. The van der Waals surface area contributed by atoms with Gasteiger partial charge in [0.05, 0.1) is 4.90 Å². The normalized spacial score (nSPS) is 11.7. The summed E-state index contributed by atoms with van der Waals surface area (Å²) in [6.45, 7) is 0.318. The van der Waals surface area contributed by atoms with Gasteiger partial charge in [0, 0.05) is 17.5 Å². The first kappa shape index (κ1) is 15.4. The predicted molar refractivity (Wildman–Crippen MR) is 83.0 cm³/mol. The molecule has 2 rings (SSSR count). The molecule has 0 radical (unpaired) electrons. The van der Waals surface area contributed by atoms with Crippen LogP contribution >= 0.6 is 11.3 Å². The largest absolute Gasteiger partial charge is 0.348 e. The molecule has 1 aromatic carbocycles. The Kier molecular flexibility index (Phi) is 4.89. The number of benzene rings is 1. The molecule has 0 atom stereocenters. The second-order valence-electron chi connectivity index (χ2n) is 4.26. The summed E-state index contributed by atoms with van der Waals surface area (Å²) in [5, 5.41) is 9.66. The van der Waals surface area contributed by atoms with Crippen LogP contribution in [0, 0.1) is 0 Å². The number of hydrogen-bond donors (Lipinski definition) is 2. The van der Waals surface area contributed by atoms with Gasteiger partial charge in [-0.25, -0.2) is 13.6 Å². The van der Waals surface area contributed by atoms with Gasteiger partial charge in [0.25, 0.3) is 0 Å². The van der Waals surface area contributed by atoms with Crippen LogP contribution in [0.3, 0.4) is 0 Å². The second-order valence-corrected chi connectivity index (χ2v) is 6.80. The first-order valence-corrected chi connectivity index (χ1v) is 8.49. The summed E-state index contributed by atoms with van der Waals surface area (Å²) in [4.78, 5) is 12.7. The highest BCUT2D eigenvalue weighted by atomic mass is 32.2. The average molecular weight is 322 g/mol. The second kappa shape index (κ2) is 6.66. The molecule has 110 valence electrons. The lowest BCUT2D eigenvalue weighted by Crippen LogP contribution is -2.20. The van der Waals surface area contributed by atoms with Gasteiger partial charge in [-0.1, -0.05) is 18.2 Å². The zero-order valence-corrected chi connectivity index (χ0v) is 12.7. The van der Waals surface area contributed by atoms with E-state index in [-0.39, 0.29) is 10.8 Å². The van der Waals surface area contributed by atoms with Crippen molar-refractivity contribution in [2.45, 2.75) is 11.4 Å². The van der Waals surface area contributed by atoms with Gasteiger partial charge in [-0.15, -0.1) is 11.3 Å². The van der Waals surface area contributed by atoms with Gasteiger partial charge in [0.2, 0.25) is 15.9 Å². The van der Waals surface area contributed by atoms with Crippen LogP contribution in [0.5, 0.6) is 0 Å². The molecule has 0 aliphatic rings. The van der Waals surface area contributed by atoms with Crippen LogP contribution < -0.4 is 10.5 Å². The Hall–Kier alpha value is -1.96. The van der Waals surface area contributed by atoms with Crippen LogP contribution in [0.2, 0.25) is 0 Å². The number of carbonyl (C=O) groups excluding carboxylic acids is 1. The molecule has 0 unspecified atom stereocenters. The fourth-order valence-corrected chi connectivity index (χ4v) is 2.72. The van der Waals surface area contributed by atoms with Gasteiger partial charge in [-0.05, 0) is 35.2 Å². The summed E-state index contributed by atoms with van der Waals surface area (Å²) in [6.07, 6.45) is 3.20. The third-order valence-corrected chi connectivity index (χ3v) is 4.43. The van der Waals surface area contributed by atoms with Crippen molar-refractivity contribution in [1.29, 1.82) is 0 Å². The molecule has 21 heavy (non-hydrogen) atoms. The summed E-state index contributed by atoms with van der Waals surface area (Å²) in [5.74, 6) is -0.209. The molecule has 0 fully saturated rings. The van der Waals surface area contributed by atoms with E-state index in [1.54, 1.807) is 29.5 Å². The number of carbonyl (C=O) groups is 1. The average Bonchev–Trinajstić information content (AvgIpc) is 2.95. The maximum atomic E-state index is 11.6. The first-order chi connectivity index (χ1) is 9.95. The van der Waals surface area contributed by atoms with E-state index in [0.717, 1.165) is 10.4 Å². The van der Waals surface area contributed by atoms with Gasteiger partial charge < -0.3 is 5.32 Å². The SMILES string of the molecule is NS(=O)(=O)c1ccc(CNC(=O)C=Cc2cccs2)cc1. The molecule has 3 N–H and O–H groups in total. The number of hydrogen-bond acceptors (Lipinski definition) is 4. The predicted octanol–water partition coefficient (Wildman–Crippen LogP) is 1.73. The monoisotopic (exact) mass is 322 g/mol. The van der Waals surface area contributed by atoms with E-state index >= 15 is 0 Å². The topological polar surface area (TPSA) is 89.3 Å². The minimum Gasteiger partial charge on any atom is -0.348 e. The number of thiophene rings is 1. The van der Waals surface area contributed by atoms with E-state index in [1.165, 1.54) is 18.2 Å². The molecule has 7 heteroatoms. The molecular formula is C14H14N2O3S2. The summed E-state index contributed by atoms with van der Waals surface area (Å²) in [7, 11) is -3.68. The Bertz CT molecular complexity index is 733. The maximum absolute atomic E-state index is 11.6. The van der Waals surface area contributed by atoms with E-state index in [2.05, 4.69) is 5.32 Å². The van der Waals surface area contributed by atoms with E-state index in [4.69, 9.17) is 5.14 Å². The van der Waals surface area contributed by atoms with Crippen molar-refractivity contribution in [3.8, 4) is 0 Å². The summed E-state index contributed by atoms with van der Waals surface area (Å²) < 4.78 is 22.2. The van der Waals surface area contributed by atoms with E-state index in [1.807, 2.05) is 17.5 Å². The molecule has 2 aromatic rings. The molecule has 0 saturated carbocycles. The fourth-order valence-electron chi connectivity index (χ4n) is 1.59. The van der Waals surface area contributed by atoms with Crippen molar-refractivity contribution in [1.82, 2.24) is 5.32 Å². The lowest BCUT2D eigenvalue weighted by Gasteiger charge is -2.03. The van der Waals surface area contributed by atoms with Crippen molar-refractivity contribution < 1.29 is 13.2 Å². The lowest BCUT2D eigenvalue weighted by atomic mass is 10.2.